The molecule has 5 heteroatoms. The second kappa shape index (κ2) is 8.02. The minimum atomic E-state index is -0.967. The summed E-state index contributed by atoms with van der Waals surface area (Å²) < 4.78 is 0. The Morgan fingerprint density at radius 1 is 1.26 bits per heavy atom. The van der Waals surface area contributed by atoms with Crippen molar-refractivity contribution in [1.29, 1.82) is 0 Å². The SMILES string of the molecule is CCCC(NC(=O)NC1CCCCCC1C)C(=O)O. The van der Waals surface area contributed by atoms with Crippen LogP contribution in [-0.4, -0.2) is 29.2 Å². The Hall–Kier alpha value is -1.26. The smallest absolute Gasteiger partial charge is 0.326 e. The molecule has 0 aromatic rings. The first-order valence-corrected chi connectivity index (χ1v) is 7.34. The Morgan fingerprint density at radius 2 is 1.95 bits per heavy atom. The molecule has 3 unspecified atom stereocenters. The number of carboxylic acids is 1. The molecule has 110 valence electrons. The zero-order valence-electron chi connectivity index (χ0n) is 11.9. The van der Waals surface area contributed by atoms with Crippen LogP contribution in [0, 0.1) is 5.92 Å². The van der Waals surface area contributed by atoms with E-state index in [-0.39, 0.29) is 12.1 Å². The highest BCUT2D eigenvalue weighted by molar-refractivity contribution is 5.82. The van der Waals surface area contributed by atoms with Gasteiger partial charge in [0.2, 0.25) is 0 Å². The van der Waals surface area contributed by atoms with E-state index in [1.807, 2.05) is 6.92 Å². The highest BCUT2D eigenvalue weighted by Gasteiger charge is 2.24. The van der Waals surface area contributed by atoms with Crippen LogP contribution >= 0.6 is 0 Å². The van der Waals surface area contributed by atoms with Gasteiger partial charge in [-0.3, -0.25) is 0 Å². The average molecular weight is 270 g/mol. The molecule has 5 nitrogen and oxygen atoms in total. The van der Waals surface area contributed by atoms with Crippen molar-refractivity contribution in [3.63, 3.8) is 0 Å². The third-order valence-electron chi connectivity index (χ3n) is 3.86. The van der Waals surface area contributed by atoms with Crippen LogP contribution in [0.25, 0.3) is 0 Å². The van der Waals surface area contributed by atoms with Crippen molar-refractivity contribution in [2.24, 2.45) is 5.92 Å². The Bertz CT molecular complexity index is 307. The maximum Gasteiger partial charge on any atom is 0.326 e. The van der Waals surface area contributed by atoms with Gasteiger partial charge in [0.25, 0.3) is 0 Å². The Balaban J connectivity index is 2.46. The molecule has 1 aliphatic rings. The van der Waals surface area contributed by atoms with Gasteiger partial charge in [-0.1, -0.05) is 39.5 Å². The molecule has 1 saturated carbocycles. The van der Waals surface area contributed by atoms with Crippen LogP contribution < -0.4 is 10.6 Å². The second-order valence-corrected chi connectivity index (χ2v) is 5.52. The van der Waals surface area contributed by atoms with E-state index < -0.39 is 12.0 Å². The standard InChI is InChI=1S/C14H26N2O3/c1-3-7-12(13(17)18)16-14(19)15-11-9-6-4-5-8-10(11)2/h10-12H,3-9H2,1-2H3,(H,17,18)(H2,15,16,19). The van der Waals surface area contributed by atoms with Gasteiger partial charge in [-0.2, -0.15) is 0 Å². The van der Waals surface area contributed by atoms with Gasteiger partial charge in [-0.05, 0) is 25.2 Å². The lowest BCUT2D eigenvalue weighted by molar-refractivity contribution is -0.139. The van der Waals surface area contributed by atoms with Crippen molar-refractivity contribution in [1.82, 2.24) is 10.6 Å². The molecule has 1 rings (SSSR count). The van der Waals surface area contributed by atoms with Gasteiger partial charge in [-0.25, -0.2) is 9.59 Å². The summed E-state index contributed by atoms with van der Waals surface area (Å²) in [5.41, 5.74) is 0. The third-order valence-corrected chi connectivity index (χ3v) is 3.86. The lowest BCUT2D eigenvalue weighted by Gasteiger charge is -2.24. The fourth-order valence-corrected chi connectivity index (χ4v) is 2.62. The Kier molecular flexibility index (Phi) is 6.67. The van der Waals surface area contributed by atoms with Crippen molar-refractivity contribution in [2.45, 2.75) is 70.9 Å². The fourth-order valence-electron chi connectivity index (χ4n) is 2.62. The number of aliphatic carboxylic acids is 1. The van der Waals surface area contributed by atoms with Crippen LogP contribution in [0.4, 0.5) is 4.79 Å². The van der Waals surface area contributed by atoms with Crippen molar-refractivity contribution in [3.05, 3.63) is 0 Å². The maximum absolute atomic E-state index is 11.9. The normalized spacial score (nSPS) is 25.2. The number of hydrogen-bond donors (Lipinski definition) is 3. The van der Waals surface area contributed by atoms with Gasteiger partial charge in [-0.15, -0.1) is 0 Å². The predicted octanol–water partition coefficient (Wildman–Crippen LogP) is 2.51. The number of urea groups is 1. The molecule has 2 amide bonds. The van der Waals surface area contributed by atoms with E-state index in [1.165, 1.54) is 12.8 Å². The summed E-state index contributed by atoms with van der Waals surface area (Å²) in [4.78, 5) is 22.9. The molecule has 19 heavy (non-hydrogen) atoms. The minimum Gasteiger partial charge on any atom is -0.480 e. The molecule has 3 N–H and O–H groups in total. The van der Waals surface area contributed by atoms with Crippen molar-refractivity contribution < 1.29 is 14.7 Å². The molecule has 1 fully saturated rings. The molecule has 0 radical (unpaired) electrons. The van der Waals surface area contributed by atoms with E-state index in [1.54, 1.807) is 0 Å². The van der Waals surface area contributed by atoms with Crippen LogP contribution in [0.2, 0.25) is 0 Å². The van der Waals surface area contributed by atoms with Gasteiger partial charge in [0.15, 0.2) is 0 Å². The minimum absolute atomic E-state index is 0.165. The summed E-state index contributed by atoms with van der Waals surface area (Å²) in [6, 6.07) is -0.968. The van der Waals surface area contributed by atoms with Crippen LogP contribution in [0.3, 0.4) is 0 Å². The Labute approximate surface area is 115 Å². The number of hydrogen-bond acceptors (Lipinski definition) is 2. The lowest BCUT2D eigenvalue weighted by atomic mass is 9.97. The number of amides is 2. The van der Waals surface area contributed by atoms with E-state index in [2.05, 4.69) is 17.6 Å². The molecule has 0 aliphatic heterocycles. The molecule has 0 heterocycles. The molecule has 0 aromatic carbocycles. The first kappa shape index (κ1) is 15.8. The zero-order chi connectivity index (χ0) is 14.3. The Morgan fingerprint density at radius 3 is 2.58 bits per heavy atom. The first-order valence-electron chi connectivity index (χ1n) is 7.34. The highest BCUT2D eigenvalue weighted by Crippen LogP contribution is 2.22. The molecule has 0 spiro atoms. The average Bonchev–Trinajstić information content (AvgIpc) is 2.54. The summed E-state index contributed by atoms with van der Waals surface area (Å²) in [6.07, 6.45) is 6.88. The van der Waals surface area contributed by atoms with Crippen LogP contribution in [-0.2, 0) is 4.79 Å². The van der Waals surface area contributed by atoms with Gasteiger partial charge in [0, 0.05) is 6.04 Å². The predicted molar refractivity (Wildman–Crippen MR) is 74.0 cm³/mol. The van der Waals surface area contributed by atoms with Crippen molar-refractivity contribution in [2.75, 3.05) is 0 Å². The molecule has 1 aliphatic carbocycles. The maximum atomic E-state index is 11.9. The molecular weight excluding hydrogens is 244 g/mol. The van der Waals surface area contributed by atoms with Gasteiger partial charge >= 0.3 is 12.0 Å². The van der Waals surface area contributed by atoms with E-state index in [0.29, 0.717) is 12.3 Å². The second-order valence-electron chi connectivity index (χ2n) is 5.52. The summed E-state index contributed by atoms with van der Waals surface area (Å²) in [5.74, 6) is -0.506. The first-order chi connectivity index (χ1) is 9.04. The quantitative estimate of drug-likeness (QED) is 0.672. The number of rotatable bonds is 5. The van der Waals surface area contributed by atoms with Gasteiger partial charge < -0.3 is 15.7 Å². The monoisotopic (exact) mass is 270 g/mol. The number of nitrogens with one attached hydrogen (secondary N) is 2. The number of carbonyl (C=O) groups is 2. The summed E-state index contributed by atoms with van der Waals surface area (Å²) in [7, 11) is 0. The van der Waals surface area contributed by atoms with Gasteiger partial charge in [0.05, 0.1) is 0 Å². The molecule has 3 atom stereocenters. The molecule has 0 saturated heterocycles. The zero-order valence-corrected chi connectivity index (χ0v) is 11.9. The molecular formula is C14H26N2O3. The molecule has 0 bridgehead atoms. The largest absolute Gasteiger partial charge is 0.480 e. The third kappa shape index (κ3) is 5.49. The number of carbonyl (C=O) groups excluding carboxylic acids is 1. The van der Waals surface area contributed by atoms with Crippen LogP contribution in [0.1, 0.15) is 58.8 Å². The van der Waals surface area contributed by atoms with E-state index >= 15 is 0 Å². The topological polar surface area (TPSA) is 78.4 Å². The lowest BCUT2D eigenvalue weighted by Crippen LogP contribution is -2.50. The van der Waals surface area contributed by atoms with Crippen molar-refractivity contribution >= 4 is 12.0 Å². The summed E-state index contributed by atoms with van der Waals surface area (Å²) in [6.45, 7) is 4.06. The highest BCUT2D eigenvalue weighted by atomic mass is 16.4. The van der Waals surface area contributed by atoms with Crippen molar-refractivity contribution in [3.8, 4) is 0 Å². The summed E-state index contributed by atoms with van der Waals surface area (Å²) >= 11 is 0. The van der Waals surface area contributed by atoms with E-state index in [9.17, 15) is 9.59 Å². The van der Waals surface area contributed by atoms with E-state index in [0.717, 1.165) is 25.7 Å². The van der Waals surface area contributed by atoms with Gasteiger partial charge in [0.1, 0.15) is 6.04 Å². The number of carboxylic acid groups (broad SMARTS) is 1. The molecule has 0 aromatic heterocycles. The fraction of sp³-hybridized carbons (Fsp3) is 0.857. The van der Waals surface area contributed by atoms with Crippen LogP contribution in [0.5, 0.6) is 0 Å². The van der Waals surface area contributed by atoms with Crippen LogP contribution in [0.15, 0.2) is 0 Å². The summed E-state index contributed by atoms with van der Waals surface area (Å²) in [5, 5.41) is 14.5. The van der Waals surface area contributed by atoms with E-state index in [4.69, 9.17) is 5.11 Å².